The summed E-state index contributed by atoms with van der Waals surface area (Å²) in [6.07, 6.45) is 5.64. The number of hydrogen-bond donors (Lipinski definition) is 1. The van der Waals surface area contributed by atoms with Crippen LogP contribution in [0.2, 0.25) is 5.02 Å². The van der Waals surface area contributed by atoms with Crippen LogP contribution in [0.25, 0.3) is 0 Å². The van der Waals surface area contributed by atoms with E-state index in [9.17, 15) is 18.0 Å². The van der Waals surface area contributed by atoms with Crippen LogP contribution in [0.1, 0.15) is 44.6 Å². The Hall–Kier alpha value is -3.56. The number of carbonyl (C=O) groups excluding carboxylic acids is 2. The monoisotopic (exact) mass is 611 g/mol. The lowest BCUT2D eigenvalue weighted by Gasteiger charge is -2.33. The lowest BCUT2D eigenvalue weighted by molar-refractivity contribution is -0.139. The number of rotatable bonds is 12. The molecule has 224 valence electrons. The van der Waals surface area contributed by atoms with E-state index in [0.717, 1.165) is 42.0 Å². The molecule has 3 aromatic rings. The Morgan fingerprint density at radius 1 is 0.952 bits per heavy atom. The predicted molar refractivity (Wildman–Crippen MR) is 165 cm³/mol. The van der Waals surface area contributed by atoms with E-state index in [-0.39, 0.29) is 29.1 Å². The van der Waals surface area contributed by atoms with Crippen LogP contribution < -0.4 is 14.4 Å². The van der Waals surface area contributed by atoms with E-state index in [1.807, 2.05) is 30.3 Å². The van der Waals surface area contributed by atoms with E-state index in [1.54, 1.807) is 43.3 Å². The quantitative estimate of drug-likeness (QED) is 0.294. The molecule has 0 aliphatic heterocycles. The second-order valence-corrected chi connectivity index (χ2v) is 12.8. The number of methoxy groups -OCH3 is 1. The first-order valence-electron chi connectivity index (χ1n) is 14.2. The maximum Gasteiger partial charge on any atom is 0.264 e. The average molecular weight is 612 g/mol. The summed E-state index contributed by atoms with van der Waals surface area (Å²) >= 11 is 6.09. The van der Waals surface area contributed by atoms with Crippen molar-refractivity contribution in [1.29, 1.82) is 0 Å². The van der Waals surface area contributed by atoms with Crippen LogP contribution in [0.3, 0.4) is 0 Å². The first kappa shape index (κ1) is 31.4. The average Bonchev–Trinajstić information content (AvgIpc) is 3.01. The molecule has 0 unspecified atom stereocenters. The fraction of sp³-hybridized carbons (Fsp3) is 0.375. The Balaban J connectivity index is 1.63. The molecule has 10 heteroatoms. The Labute approximate surface area is 253 Å². The molecule has 0 aromatic heterocycles. The van der Waals surface area contributed by atoms with E-state index < -0.39 is 28.5 Å². The highest BCUT2D eigenvalue weighted by atomic mass is 35.5. The molecule has 1 aliphatic rings. The highest BCUT2D eigenvalue weighted by Crippen LogP contribution is 2.27. The van der Waals surface area contributed by atoms with Crippen LogP contribution in [-0.4, -0.2) is 57.4 Å². The second kappa shape index (κ2) is 14.6. The van der Waals surface area contributed by atoms with Gasteiger partial charge in [0.25, 0.3) is 10.0 Å². The molecule has 1 atom stereocenters. The summed E-state index contributed by atoms with van der Waals surface area (Å²) in [7, 11) is -2.67. The number of ether oxygens (including phenoxy) is 1. The third-order valence-corrected chi connectivity index (χ3v) is 9.68. The summed E-state index contributed by atoms with van der Waals surface area (Å²) in [5, 5.41) is 3.55. The number of hydrogen-bond acceptors (Lipinski definition) is 5. The van der Waals surface area contributed by atoms with Crippen molar-refractivity contribution < 1.29 is 22.7 Å². The molecule has 0 saturated heterocycles. The molecule has 42 heavy (non-hydrogen) atoms. The first-order valence-corrected chi connectivity index (χ1v) is 16.1. The summed E-state index contributed by atoms with van der Waals surface area (Å²) < 4.78 is 34.1. The summed E-state index contributed by atoms with van der Waals surface area (Å²) in [6, 6.07) is 21.2. The van der Waals surface area contributed by atoms with Gasteiger partial charge in [0.2, 0.25) is 11.8 Å². The van der Waals surface area contributed by atoms with Gasteiger partial charge in [-0.15, -0.1) is 0 Å². The Morgan fingerprint density at radius 3 is 2.21 bits per heavy atom. The minimum atomic E-state index is -4.17. The highest BCUT2D eigenvalue weighted by Gasteiger charge is 2.33. The molecule has 8 nitrogen and oxygen atoms in total. The molecule has 3 aromatic carbocycles. The van der Waals surface area contributed by atoms with Crippen LogP contribution in [0.5, 0.6) is 5.75 Å². The molecule has 1 saturated carbocycles. The normalized spacial score (nSPS) is 14.5. The first-order chi connectivity index (χ1) is 20.2. The summed E-state index contributed by atoms with van der Waals surface area (Å²) in [4.78, 5) is 28.9. The van der Waals surface area contributed by atoms with Crippen LogP contribution in [-0.2, 0) is 26.0 Å². The largest absolute Gasteiger partial charge is 0.497 e. The van der Waals surface area contributed by atoms with E-state index in [1.165, 1.54) is 24.1 Å². The molecular formula is C32H38ClN3O5S. The minimum absolute atomic E-state index is 0.00461. The Bertz CT molecular complexity index is 1430. The molecule has 2 amide bonds. The predicted octanol–water partition coefficient (Wildman–Crippen LogP) is 5.45. The van der Waals surface area contributed by atoms with Gasteiger partial charge in [0.05, 0.1) is 17.7 Å². The zero-order valence-corrected chi connectivity index (χ0v) is 25.6. The number of sulfonamides is 1. The van der Waals surface area contributed by atoms with E-state index >= 15 is 0 Å². The molecule has 0 radical (unpaired) electrons. The van der Waals surface area contributed by atoms with Gasteiger partial charge in [-0.05, 0) is 80.3 Å². The van der Waals surface area contributed by atoms with Crippen molar-refractivity contribution in [2.24, 2.45) is 0 Å². The number of anilines is 1. The van der Waals surface area contributed by atoms with Crippen LogP contribution >= 0.6 is 11.6 Å². The number of amides is 2. The Kier molecular flexibility index (Phi) is 10.9. The summed E-state index contributed by atoms with van der Waals surface area (Å²) in [5.74, 6) is -0.211. The van der Waals surface area contributed by atoms with Crippen molar-refractivity contribution in [2.75, 3.05) is 24.5 Å². The van der Waals surface area contributed by atoms with Gasteiger partial charge in [-0.3, -0.25) is 13.9 Å². The lowest BCUT2D eigenvalue weighted by Crippen LogP contribution is -2.53. The lowest BCUT2D eigenvalue weighted by atomic mass is 9.95. The van der Waals surface area contributed by atoms with Gasteiger partial charge < -0.3 is 15.0 Å². The van der Waals surface area contributed by atoms with Crippen molar-refractivity contribution in [3.8, 4) is 5.75 Å². The minimum Gasteiger partial charge on any atom is -0.497 e. The van der Waals surface area contributed by atoms with Crippen LogP contribution in [0.4, 0.5) is 5.69 Å². The molecule has 0 bridgehead atoms. The van der Waals surface area contributed by atoms with Gasteiger partial charge in [-0.1, -0.05) is 61.2 Å². The number of nitrogens with zero attached hydrogens (tertiary/aromatic N) is 2. The van der Waals surface area contributed by atoms with E-state index in [2.05, 4.69) is 5.32 Å². The molecule has 1 N–H and O–H groups in total. The summed E-state index contributed by atoms with van der Waals surface area (Å²) in [5.41, 5.74) is 1.29. The fourth-order valence-corrected chi connectivity index (χ4v) is 6.69. The van der Waals surface area contributed by atoms with Gasteiger partial charge in [-0.25, -0.2) is 8.42 Å². The standard InChI is InChI=1S/C32H38ClN3O5S/c1-24(32(38)34-27-11-7-4-8-12-27)35(22-21-25-9-5-3-6-10-25)31(37)23-36(28-15-13-26(33)14-16-28)42(39,40)30-19-17-29(41-2)18-20-30/h3,5-6,9-10,13-20,24,27H,4,7-8,11-12,21-23H2,1-2H3,(H,34,38)/t24-/m0/s1. The zero-order chi connectivity index (χ0) is 30.1. The number of nitrogens with one attached hydrogen (secondary N) is 1. The van der Waals surface area contributed by atoms with Crippen LogP contribution in [0, 0.1) is 0 Å². The zero-order valence-electron chi connectivity index (χ0n) is 24.0. The van der Waals surface area contributed by atoms with Crippen molar-refractivity contribution in [3.63, 3.8) is 0 Å². The van der Waals surface area contributed by atoms with Crippen molar-refractivity contribution >= 4 is 39.1 Å². The molecule has 4 rings (SSSR count). The number of halogens is 1. The van der Waals surface area contributed by atoms with Crippen molar-refractivity contribution in [3.05, 3.63) is 89.4 Å². The fourth-order valence-electron chi connectivity index (χ4n) is 5.15. The van der Waals surface area contributed by atoms with E-state index in [4.69, 9.17) is 16.3 Å². The smallest absolute Gasteiger partial charge is 0.264 e. The molecule has 1 aliphatic carbocycles. The number of carbonyl (C=O) groups is 2. The maximum atomic E-state index is 14.0. The van der Waals surface area contributed by atoms with Gasteiger partial charge in [0, 0.05) is 17.6 Å². The third-order valence-electron chi connectivity index (χ3n) is 7.64. The third kappa shape index (κ3) is 8.04. The van der Waals surface area contributed by atoms with Crippen molar-refractivity contribution in [2.45, 2.75) is 62.4 Å². The SMILES string of the molecule is COc1ccc(S(=O)(=O)N(CC(=O)N(CCc2ccccc2)[C@@H](C)C(=O)NC2CCCCC2)c2ccc(Cl)cc2)cc1. The number of benzene rings is 3. The molecule has 0 spiro atoms. The second-order valence-electron chi connectivity index (χ2n) is 10.5. The van der Waals surface area contributed by atoms with Gasteiger partial charge in [0.1, 0.15) is 18.3 Å². The molecular weight excluding hydrogens is 574 g/mol. The Morgan fingerprint density at radius 2 is 1.60 bits per heavy atom. The van der Waals surface area contributed by atoms with Gasteiger partial charge >= 0.3 is 0 Å². The maximum absolute atomic E-state index is 14.0. The topological polar surface area (TPSA) is 96.0 Å². The molecule has 1 fully saturated rings. The van der Waals surface area contributed by atoms with Crippen molar-refractivity contribution in [1.82, 2.24) is 10.2 Å². The highest BCUT2D eigenvalue weighted by molar-refractivity contribution is 7.92. The van der Waals surface area contributed by atoms with E-state index in [0.29, 0.717) is 17.2 Å². The van der Waals surface area contributed by atoms with Crippen LogP contribution in [0.15, 0.2) is 83.8 Å². The van der Waals surface area contributed by atoms with Gasteiger partial charge in [0.15, 0.2) is 0 Å². The molecule has 0 heterocycles. The summed E-state index contributed by atoms with van der Waals surface area (Å²) in [6.45, 7) is 1.45. The van der Waals surface area contributed by atoms with Gasteiger partial charge in [-0.2, -0.15) is 0 Å².